The summed E-state index contributed by atoms with van der Waals surface area (Å²) in [6.45, 7) is 3.98. The number of benzene rings is 1. The van der Waals surface area contributed by atoms with E-state index in [2.05, 4.69) is 14.7 Å². The minimum atomic E-state index is -0.583. The van der Waals surface area contributed by atoms with Crippen LogP contribution in [0.3, 0.4) is 0 Å². The lowest BCUT2D eigenvalue weighted by molar-refractivity contribution is -0.135. The maximum Gasteiger partial charge on any atom is 0.331 e. The fourth-order valence-electron chi connectivity index (χ4n) is 2.32. The monoisotopic (exact) mass is 367 g/mol. The van der Waals surface area contributed by atoms with Crippen LogP contribution in [0, 0.1) is 13.8 Å². The van der Waals surface area contributed by atoms with Crippen molar-refractivity contribution in [2.24, 2.45) is 4.99 Å². The van der Waals surface area contributed by atoms with Gasteiger partial charge in [-0.1, -0.05) is 12.1 Å². The molecule has 6 nitrogen and oxygen atoms in total. The van der Waals surface area contributed by atoms with Crippen LogP contribution in [0.2, 0.25) is 0 Å². The highest BCUT2D eigenvalue weighted by molar-refractivity contribution is 8.19. The van der Waals surface area contributed by atoms with Gasteiger partial charge in [-0.25, -0.2) is 14.8 Å². The summed E-state index contributed by atoms with van der Waals surface area (Å²) in [5.74, 6) is -0.422. The average molecular weight is 367 g/mol. The Labute approximate surface area is 155 Å². The Bertz CT molecular complexity index is 923. The van der Waals surface area contributed by atoms with Gasteiger partial charge in [-0.05, 0) is 61.0 Å². The first-order valence-corrected chi connectivity index (χ1v) is 8.70. The summed E-state index contributed by atoms with van der Waals surface area (Å²) < 4.78 is 4.64. The number of thioether (sulfide) groups is 1. The molecule has 0 saturated carbocycles. The van der Waals surface area contributed by atoms with Gasteiger partial charge >= 0.3 is 5.97 Å². The minimum Gasteiger partial charge on any atom is -0.466 e. The molecule has 1 aromatic heterocycles. The van der Waals surface area contributed by atoms with Crippen LogP contribution >= 0.6 is 11.8 Å². The van der Waals surface area contributed by atoms with Crippen molar-refractivity contribution in [1.29, 1.82) is 0 Å². The SMILES string of the molecule is COC(=O)C=C1SC(=Nc2ccccn2)N(c2ccc(C)c(C)c2)C1=O. The van der Waals surface area contributed by atoms with Crippen LogP contribution in [-0.2, 0) is 14.3 Å². The number of anilines is 1. The van der Waals surface area contributed by atoms with Crippen molar-refractivity contribution in [2.75, 3.05) is 12.0 Å². The molecule has 0 spiro atoms. The van der Waals surface area contributed by atoms with E-state index in [1.807, 2.05) is 38.1 Å². The summed E-state index contributed by atoms with van der Waals surface area (Å²) in [7, 11) is 1.27. The third-order valence-corrected chi connectivity index (χ3v) is 4.83. The molecule has 0 atom stereocenters. The number of pyridine rings is 1. The Morgan fingerprint density at radius 1 is 1.23 bits per heavy atom. The van der Waals surface area contributed by atoms with Gasteiger partial charge in [0.1, 0.15) is 0 Å². The quantitative estimate of drug-likeness (QED) is 0.613. The number of carbonyl (C=O) groups is 2. The van der Waals surface area contributed by atoms with Gasteiger partial charge in [-0.3, -0.25) is 9.69 Å². The van der Waals surface area contributed by atoms with E-state index in [4.69, 9.17) is 0 Å². The molecule has 0 aliphatic carbocycles. The number of hydrogen-bond donors (Lipinski definition) is 0. The molecule has 1 aliphatic rings. The molecule has 1 aliphatic heterocycles. The zero-order valence-corrected chi connectivity index (χ0v) is 15.4. The van der Waals surface area contributed by atoms with E-state index >= 15 is 0 Å². The number of aromatic nitrogens is 1. The predicted octanol–water partition coefficient (Wildman–Crippen LogP) is 3.52. The van der Waals surface area contributed by atoms with Gasteiger partial charge in [0.05, 0.1) is 17.7 Å². The lowest BCUT2D eigenvalue weighted by Crippen LogP contribution is -2.29. The Kier molecular flexibility index (Phi) is 5.18. The summed E-state index contributed by atoms with van der Waals surface area (Å²) in [6, 6.07) is 11.1. The molecule has 1 aromatic carbocycles. The van der Waals surface area contributed by atoms with Crippen LogP contribution in [0.1, 0.15) is 11.1 Å². The highest BCUT2D eigenvalue weighted by Gasteiger charge is 2.35. The minimum absolute atomic E-state index is 0.254. The Morgan fingerprint density at radius 2 is 2.04 bits per heavy atom. The number of aliphatic imine (C=N–C) groups is 1. The van der Waals surface area contributed by atoms with E-state index in [0.29, 0.717) is 16.7 Å². The Morgan fingerprint density at radius 3 is 2.69 bits per heavy atom. The third kappa shape index (κ3) is 3.67. The zero-order chi connectivity index (χ0) is 18.7. The second-order valence-electron chi connectivity index (χ2n) is 5.63. The fourth-order valence-corrected chi connectivity index (χ4v) is 3.27. The molecule has 132 valence electrons. The second kappa shape index (κ2) is 7.53. The topological polar surface area (TPSA) is 71.9 Å². The number of esters is 1. The van der Waals surface area contributed by atoms with Crippen LogP contribution < -0.4 is 4.90 Å². The highest BCUT2D eigenvalue weighted by Crippen LogP contribution is 2.36. The van der Waals surface area contributed by atoms with Gasteiger partial charge in [0.25, 0.3) is 5.91 Å². The summed E-state index contributed by atoms with van der Waals surface area (Å²) in [4.78, 5) is 34.9. The normalized spacial score (nSPS) is 17.2. The summed E-state index contributed by atoms with van der Waals surface area (Å²) in [6.07, 6.45) is 2.81. The molecular formula is C19H17N3O3S. The molecule has 1 saturated heterocycles. The molecule has 2 aromatic rings. The number of nitrogens with zero attached hydrogens (tertiary/aromatic N) is 3. The van der Waals surface area contributed by atoms with Crippen LogP contribution in [0.5, 0.6) is 0 Å². The number of rotatable bonds is 3. The Hall–Kier alpha value is -2.93. The highest BCUT2D eigenvalue weighted by atomic mass is 32.2. The molecule has 1 amide bonds. The molecule has 2 heterocycles. The van der Waals surface area contributed by atoms with E-state index in [0.717, 1.165) is 22.9 Å². The molecular weight excluding hydrogens is 350 g/mol. The smallest absolute Gasteiger partial charge is 0.331 e. The molecule has 0 unspecified atom stereocenters. The van der Waals surface area contributed by atoms with E-state index in [1.54, 1.807) is 18.3 Å². The summed E-state index contributed by atoms with van der Waals surface area (Å²) in [5.41, 5.74) is 2.87. The van der Waals surface area contributed by atoms with Crippen molar-refractivity contribution in [3.63, 3.8) is 0 Å². The van der Waals surface area contributed by atoms with Crippen molar-refractivity contribution in [2.45, 2.75) is 13.8 Å². The van der Waals surface area contributed by atoms with E-state index in [9.17, 15) is 9.59 Å². The molecule has 0 radical (unpaired) electrons. The number of amidine groups is 1. The lowest BCUT2D eigenvalue weighted by atomic mass is 10.1. The number of carbonyl (C=O) groups excluding carboxylic acids is 2. The van der Waals surface area contributed by atoms with Crippen molar-refractivity contribution >= 4 is 40.3 Å². The van der Waals surface area contributed by atoms with Gasteiger partial charge in [0.15, 0.2) is 11.0 Å². The van der Waals surface area contributed by atoms with Gasteiger partial charge in [0.2, 0.25) is 0 Å². The van der Waals surface area contributed by atoms with E-state index in [1.165, 1.54) is 18.1 Å². The van der Waals surface area contributed by atoms with E-state index in [-0.39, 0.29) is 10.8 Å². The number of ether oxygens (including phenoxy) is 1. The Balaban J connectivity index is 2.08. The summed E-state index contributed by atoms with van der Waals surface area (Å²) >= 11 is 1.12. The zero-order valence-electron chi connectivity index (χ0n) is 14.6. The number of methoxy groups -OCH3 is 1. The molecule has 1 fully saturated rings. The van der Waals surface area contributed by atoms with Crippen LogP contribution in [0.15, 0.2) is 58.6 Å². The first kappa shape index (κ1) is 17.9. The number of amides is 1. The maximum absolute atomic E-state index is 12.9. The van der Waals surface area contributed by atoms with Crippen LogP contribution in [0.25, 0.3) is 0 Å². The fraction of sp³-hybridized carbons (Fsp3) is 0.158. The molecule has 0 bridgehead atoms. The standard InChI is InChI=1S/C19H17N3O3S/c1-12-7-8-14(10-13(12)2)22-18(24)15(11-17(23)25-3)26-19(22)21-16-6-4-5-9-20-16/h4-11H,1-3H3. The van der Waals surface area contributed by atoms with E-state index < -0.39 is 5.97 Å². The molecule has 3 rings (SSSR count). The number of hydrogen-bond acceptors (Lipinski definition) is 6. The third-order valence-electron chi connectivity index (χ3n) is 3.86. The van der Waals surface area contributed by atoms with Gasteiger partial charge in [0, 0.05) is 12.3 Å². The van der Waals surface area contributed by atoms with Crippen molar-refractivity contribution in [1.82, 2.24) is 4.98 Å². The largest absolute Gasteiger partial charge is 0.466 e. The first-order chi connectivity index (χ1) is 12.5. The summed E-state index contributed by atoms with van der Waals surface area (Å²) in [5, 5.41) is 0.437. The molecule has 7 heteroatoms. The maximum atomic E-state index is 12.9. The van der Waals surface area contributed by atoms with Crippen molar-refractivity contribution in [3.05, 3.63) is 64.7 Å². The van der Waals surface area contributed by atoms with Gasteiger partial charge in [-0.2, -0.15) is 0 Å². The first-order valence-electron chi connectivity index (χ1n) is 7.88. The lowest BCUT2D eigenvalue weighted by Gasteiger charge is -2.17. The molecule has 26 heavy (non-hydrogen) atoms. The average Bonchev–Trinajstić information content (AvgIpc) is 2.93. The van der Waals surface area contributed by atoms with Crippen molar-refractivity contribution < 1.29 is 14.3 Å². The van der Waals surface area contributed by atoms with Crippen molar-refractivity contribution in [3.8, 4) is 0 Å². The van der Waals surface area contributed by atoms with Crippen LogP contribution in [0.4, 0.5) is 11.5 Å². The second-order valence-corrected chi connectivity index (χ2v) is 6.63. The molecule has 0 N–H and O–H groups in total. The number of aryl methyl sites for hydroxylation is 2. The van der Waals surface area contributed by atoms with Crippen LogP contribution in [-0.4, -0.2) is 29.1 Å². The van der Waals surface area contributed by atoms with Gasteiger partial charge in [-0.15, -0.1) is 0 Å². The van der Waals surface area contributed by atoms with Gasteiger partial charge < -0.3 is 4.74 Å². The predicted molar refractivity (Wildman–Crippen MR) is 102 cm³/mol.